The maximum absolute atomic E-state index is 0. The Hall–Kier alpha value is 2.13. The van der Waals surface area contributed by atoms with Crippen LogP contribution in [0.2, 0.25) is 0 Å². The minimum absolute atomic E-state index is 0. The fraction of sp³-hybridized carbons (Fsp3) is 0. The monoisotopic (exact) mass is 432 g/mol. The van der Waals surface area contributed by atoms with Gasteiger partial charge in [-0.1, -0.05) is 0 Å². The van der Waals surface area contributed by atoms with Gasteiger partial charge in [-0.2, -0.15) is 0 Å². The molecule has 0 aliphatic carbocycles. The van der Waals surface area contributed by atoms with Gasteiger partial charge in [0, 0.05) is 21.1 Å². The van der Waals surface area contributed by atoms with Crippen molar-refractivity contribution in [3.05, 3.63) is 0 Å². The predicted octanol–water partition coefficient (Wildman–Crippen LogP) is -8.99. The molecule has 0 N–H and O–H groups in total. The maximum Gasteiger partial charge on any atom is 0 e. The van der Waals surface area contributed by atoms with E-state index in [-0.39, 0.29) is 72.0 Å². The van der Waals surface area contributed by atoms with Gasteiger partial charge in [0.05, 0.1) is 0 Å². The van der Waals surface area contributed by atoms with E-state index in [0.717, 1.165) is 0 Å². The molecule has 0 heterocycles. The molecule has 4 heteroatoms. The molecule has 0 saturated carbocycles. The Morgan fingerprint density at radius 2 is 0.500 bits per heavy atom. The second-order valence-corrected chi connectivity index (χ2v) is 0. The van der Waals surface area contributed by atoms with Crippen molar-refractivity contribution in [2.24, 2.45) is 0 Å². The Labute approximate surface area is 71.3 Å². The van der Waals surface area contributed by atoms with Crippen molar-refractivity contribution in [2.75, 3.05) is 0 Å². The van der Waals surface area contributed by atoms with Crippen LogP contribution in [-0.4, -0.2) is 0 Å². The van der Waals surface area contributed by atoms with Crippen molar-refractivity contribution in [3.8, 4) is 0 Å². The van der Waals surface area contributed by atoms with E-state index < -0.39 is 0 Å². The number of rotatable bonds is 0. The summed E-state index contributed by atoms with van der Waals surface area (Å²) in [6.07, 6.45) is 0. The van der Waals surface area contributed by atoms with E-state index in [1.165, 1.54) is 0 Å². The Balaban J connectivity index is 0. The van der Waals surface area contributed by atoms with E-state index in [0.29, 0.717) is 0 Å². The van der Waals surface area contributed by atoms with Crippen molar-refractivity contribution in [1.29, 1.82) is 0 Å². The first-order chi connectivity index (χ1) is 0. The first kappa shape index (κ1) is 35.6. The molecule has 0 atom stereocenters. The van der Waals surface area contributed by atoms with Gasteiger partial charge in [0.15, 0.2) is 0 Å². The molecule has 0 fully saturated rings. The zero-order chi connectivity index (χ0) is 0. The molecule has 0 unspecified atom stereocenters. The molecule has 0 nitrogen and oxygen atoms in total. The second kappa shape index (κ2) is 19.3. The normalized spacial score (nSPS) is 0. The quantitative estimate of drug-likeness (QED) is 0.355. The Morgan fingerprint density at radius 1 is 0.500 bits per heavy atom. The van der Waals surface area contributed by atoms with Crippen molar-refractivity contribution < 1.29 is 72.0 Å². The van der Waals surface area contributed by atoms with Gasteiger partial charge in [-0.25, -0.2) is 0 Å². The van der Waals surface area contributed by atoms with E-state index in [4.69, 9.17) is 0 Å². The van der Waals surface area contributed by atoms with Crippen molar-refractivity contribution >= 4 is 0 Å². The Kier molecular flexibility index (Phi) is 172. The molecule has 0 spiro atoms. The van der Waals surface area contributed by atoms with E-state index in [1.54, 1.807) is 0 Å². The summed E-state index contributed by atoms with van der Waals surface area (Å²) in [4.78, 5) is 0. The average molecular weight is 435 g/mol. The molecule has 0 aromatic heterocycles. The summed E-state index contributed by atoms with van der Waals surface area (Å²) < 4.78 is 0. The molecule has 0 aliphatic rings. The first-order valence-electron chi connectivity index (χ1n) is 0. The molecule has 0 amide bonds. The van der Waals surface area contributed by atoms with Crippen molar-refractivity contribution in [1.82, 2.24) is 0 Å². The number of hydrogen-bond acceptors (Lipinski definition) is 0. The van der Waals surface area contributed by atoms with Crippen LogP contribution in [0.25, 0.3) is 0 Å². The number of halogens is 3. The Bertz CT molecular complexity index is 3.25. The third-order valence-corrected chi connectivity index (χ3v) is 0. The standard InChI is InChI=1S/3BrH.Pt/h3*1H;/p-3. The van der Waals surface area contributed by atoms with Crippen LogP contribution in [0.1, 0.15) is 0 Å². The molecule has 0 bridgehead atoms. The zero-order valence-corrected chi connectivity index (χ0v) is 8.48. The fourth-order valence-electron chi connectivity index (χ4n) is 0. The van der Waals surface area contributed by atoms with Crippen LogP contribution >= 0.6 is 0 Å². The van der Waals surface area contributed by atoms with Crippen LogP contribution in [-0.2, 0) is 21.1 Å². The average Bonchev–Trinajstić information content (AvgIpc) is 0. The molecular formula is Br3Pt-3. The Morgan fingerprint density at radius 3 is 0.500 bits per heavy atom. The zero-order valence-electron chi connectivity index (χ0n) is 1.45. The van der Waals surface area contributed by atoms with E-state index in [2.05, 4.69) is 0 Å². The van der Waals surface area contributed by atoms with E-state index in [9.17, 15) is 0 Å². The molecule has 0 saturated heterocycles. The van der Waals surface area contributed by atoms with Gasteiger partial charge in [-0.3, -0.25) is 0 Å². The molecule has 0 aromatic rings. The summed E-state index contributed by atoms with van der Waals surface area (Å²) in [6.45, 7) is 0. The smallest absolute Gasteiger partial charge is 0 e. The summed E-state index contributed by atoms with van der Waals surface area (Å²) in [6, 6.07) is 0. The summed E-state index contributed by atoms with van der Waals surface area (Å²) >= 11 is 0. The largest absolute Gasteiger partial charge is 1.00 e. The van der Waals surface area contributed by atoms with Gasteiger partial charge in [-0.15, -0.1) is 0 Å². The summed E-state index contributed by atoms with van der Waals surface area (Å²) in [5.74, 6) is 0. The molecule has 34 valence electrons. The van der Waals surface area contributed by atoms with Crippen LogP contribution in [0.15, 0.2) is 0 Å². The number of hydrogen-bond donors (Lipinski definition) is 0. The summed E-state index contributed by atoms with van der Waals surface area (Å²) in [5.41, 5.74) is 0. The van der Waals surface area contributed by atoms with E-state index in [1.807, 2.05) is 0 Å². The minimum Gasteiger partial charge on any atom is -1.00 e. The van der Waals surface area contributed by atoms with Gasteiger partial charge in [0.25, 0.3) is 0 Å². The second-order valence-electron chi connectivity index (χ2n) is 0. The van der Waals surface area contributed by atoms with Crippen LogP contribution in [0.4, 0.5) is 0 Å². The molecular weight excluding hydrogens is 435 g/mol. The van der Waals surface area contributed by atoms with Gasteiger partial charge >= 0.3 is 0 Å². The fourth-order valence-corrected chi connectivity index (χ4v) is 0. The van der Waals surface area contributed by atoms with Gasteiger partial charge in [-0.05, 0) is 0 Å². The molecule has 0 radical (unpaired) electrons. The van der Waals surface area contributed by atoms with Gasteiger partial charge < -0.3 is 50.9 Å². The van der Waals surface area contributed by atoms with Crippen molar-refractivity contribution in [2.45, 2.75) is 0 Å². The van der Waals surface area contributed by atoms with E-state index >= 15 is 0 Å². The molecule has 4 heavy (non-hydrogen) atoms. The van der Waals surface area contributed by atoms with Crippen LogP contribution in [0.5, 0.6) is 0 Å². The van der Waals surface area contributed by atoms with Gasteiger partial charge in [0.1, 0.15) is 0 Å². The maximum atomic E-state index is 0. The minimum atomic E-state index is 0. The molecule has 0 rings (SSSR count). The van der Waals surface area contributed by atoms with Gasteiger partial charge in [0.2, 0.25) is 0 Å². The third kappa shape index (κ3) is 8.92. The van der Waals surface area contributed by atoms with Crippen LogP contribution < -0.4 is 50.9 Å². The first-order valence-corrected chi connectivity index (χ1v) is 0. The van der Waals surface area contributed by atoms with Crippen LogP contribution in [0.3, 0.4) is 0 Å². The third-order valence-electron chi connectivity index (χ3n) is 0. The summed E-state index contributed by atoms with van der Waals surface area (Å²) in [7, 11) is 0. The SMILES string of the molecule is [Br-].[Br-].[Br-].[Pt]. The summed E-state index contributed by atoms with van der Waals surface area (Å²) in [5, 5.41) is 0. The predicted molar refractivity (Wildman–Crippen MR) is 0 cm³/mol. The topological polar surface area (TPSA) is 0 Å². The molecule has 0 aliphatic heterocycles. The van der Waals surface area contributed by atoms with Crippen molar-refractivity contribution in [3.63, 3.8) is 0 Å². The molecule has 0 aromatic carbocycles. The van der Waals surface area contributed by atoms with Crippen LogP contribution in [0, 0.1) is 0 Å².